The van der Waals surface area contributed by atoms with E-state index in [0.29, 0.717) is 39.0 Å². The highest BCUT2D eigenvalue weighted by atomic mass is 16.2. The first-order chi connectivity index (χ1) is 12.4. The third kappa shape index (κ3) is 4.34. The van der Waals surface area contributed by atoms with Gasteiger partial charge in [-0.3, -0.25) is 9.59 Å². The molecule has 2 heterocycles. The minimum atomic E-state index is 0.137. The van der Waals surface area contributed by atoms with E-state index < -0.39 is 0 Å². The molecule has 0 spiro atoms. The Hall–Kier alpha value is -2.56. The van der Waals surface area contributed by atoms with Gasteiger partial charge < -0.3 is 14.8 Å². The van der Waals surface area contributed by atoms with Crippen LogP contribution in [0.1, 0.15) is 28.1 Å². The van der Waals surface area contributed by atoms with Crippen LogP contribution in [-0.2, 0) is 22.4 Å². The maximum Gasteiger partial charge on any atom is 0.227 e. The quantitative estimate of drug-likeness (QED) is 0.918. The maximum atomic E-state index is 12.5. The predicted octanol–water partition coefficient (Wildman–Crippen LogP) is 2.40. The molecule has 0 aliphatic carbocycles. The van der Waals surface area contributed by atoms with Gasteiger partial charge in [0.05, 0.1) is 12.8 Å². The van der Waals surface area contributed by atoms with Gasteiger partial charge in [0.25, 0.3) is 0 Å². The van der Waals surface area contributed by atoms with E-state index in [-0.39, 0.29) is 11.8 Å². The van der Waals surface area contributed by atoms with Gasteiger partial charge >= 0.3 is 0 Å². The van der Waals surface area contributed by atoms with Gasteiger partial charge in [-0.15, -0.1) is 0 Å². The van der Waals surface area contributed by atoms with E-state index in [9.17, 15) is 9.59 Å². The number of hydrogen-bond donors (Lipinski definition) is 1. The Labute approximate surface area is 155 Å². The van der Waals surface area contributed by atoms with Crippen LogP contribution >= 0.6 is 0 Å². The molecule has 1 fully saturated rings. The molecule has 1 aliphatic heterocycles. The van der Waals surface area contributed by atoms with Crippen LogP contribution in [0.5, 0.6) is 0 Å². The summed E-state index contributed by atoms with van der Waals surface area (Å²) in [6.07, 6.45) is 0.852. The number of nitrogens with one attached hydrogen (secondary N) is 1. The van der Waals surface area contributed by atoms with Crippen molar-refractivity contribution in [3.8, 4) is 0 Å². The van der Waals surface area contributed by atoms with Crippen molar-refractivity contribution in [1.29, 1.82) is 0 Å². The third-order valence-corrected chi connectivity index (χ3v) is 5.02. The Morgan fingerprint density at radius 2 is 1.54 bits per heavy atom. The molecule has 1 aliphatic rings. The predicted molar refractivity (Wildman–Crippen MR) is 102 cm³/mol. The number of carbonyl (C=O) groups excluding carboxylic acids is 2. The number of aromatic amines is 1. The highest BCUT2D eigenvalue weighted by Gasteiger charge is 2.24. The van der Waals surface area contributed by atoms with Crippen molar-refractivity contribution in [1.82, 2.24) is 14.8 Å². The Balaban J connectivity index is 1.51. The van der Waals surface area contributed by atoms with E-state index in [1.807, 2.05) is 54.8 Å². The maximum absolute atomic E-state index is 12.5. The third-order valence-electron chi connectivity index (χ3n) is 5.02. The fraction of sp³-hybridized carbons (Fsp3) is 0.429. The lowest BCUT2D eigenvalue weighted by atomic mass is 10.1. The zero-order valence-corrected chi connectivity index (χ0v) is 15.8. The number of hydrogen-bond acceptors (Lipinski definition) is 2. The molecule has 138 valence electrons. The van der Waals surface area contributed by atoms with E-state index in [4.69, 9.17) is 0 Å². The minimum Gasteiger partial charge on any atom is -0.362 e. The molecule has 3 rings (SSSR count). The van der Waals surface area contributed by atoms with Gasteiger partial charge in [-0.1, -0.05) is 29.8 Å². The zero-order valence-electron chi connectivity index (χ0n) is 15.8. The Bertz CT molecular complexity index is 801. The molecule has 1 aromatic heterocycles. The summed E-state index contributed by atoms with van der Waals surface area (Å²) in [5.74, 6) is 0.276. The first-order valence-corrected chi connectivity index (χ1v) is 9.18. The molecule has 1 aromatic carbocycles. The summed E-state index contributed by atoms with van der Waals surface area (Å²) >= 11 is 0. The summed E-state index contributed by atoms with van der Waals surface area (Å²) in [5, 5.41) is 0. The van der Waals surface area contributed by atoms with Crippen molar-refractivity contribution in [2.24, 2.45) is 0 Å². The van der Waals surface area contributed by atoms with E-state index in [1.165, 1.54) is 5.56 Å². The average Bonchev–Trinajstić information content (AvgIpc) is 2.92. The summed E-state index contributed by atoms with van der Waals surface area (Å²) in [5.41, 5.74) is 5.41. The zero-order chi connectivity index (χ0) is 18.7. The minimum absolute atomic E-state index is 0.137. The monoisotopic (exact) mass is 353 g/mol. The molecule has 26 heavy (non-hydrogen) atoms. The lowest BCUT2D eigenvalue weighted by Gasteiger charge is -2.35. The SMILES string of the molecule is Cc1cccc(CC(=O)N2CCN(C(=O)Cc3cc(C)[nH]c3C)CC2)c1. The number of carbonyl (C=O) groups is 2. The number of amides is 2. The van der Waals surface area contributed by atoms with Crippen LogP contribution in [-0.4, -0.2) is 52.8 Å². The molecular formula is C21H27N3O2. The summed E-state index contributed by atoms with van der Waals surface area (Å²) < 4.78 is 0. The number of H-pyrrole nitrogens is 1. The second kappa shape index (κ2) is 7.77. The lowest BCUT2D eigenvalue weighted by Crippen LogP contribution is -2.51. The molecular weight excluding hydrogens is 326 g/mol. The van der Waals surface area contributed by atoms with Crippen LogP contribution in [0, 0.1) is 20.8 Å². The summed E-state index contributed by atoms with van der Waals surface area (Å²) in [6, 6.07) is 10.1. The molecule has 0 bridgehead atoms. The highest BCUT2D eigenvalue weighted by molar-refractivity contribution is 5.81. The fourth-order valence-electron chi connectivity index (χ4n) is 3.55. The largest absolute Gasteiger partial charge is 0.362 e. The van der Waals surface area contributed by atoms with Crippen molar-refractivity contribution in [3.05, 3.63) is 58.4 Å². The fourth-order valence-corrected chi connectivity index (χ4v) is 3.55. The van der Waals surface area contributed by atoms with Crippen LogP contribution < -0.4 is 0 Å². The Kier molecular flexibility index (Phi) is 5.45. The number of aryl methyl sites for hydroxylation is 3. The first kappa shape index (κ1) is 18.2. The van der Waals surface area contributed by atoms with Crippen LogP contribution in [0.25, 0.3) is 0 Å². The Morgan fingerprint density at radius 3 is 2.08 bits per heavy atom. The van der Waals surface area contributed by atoms with Gasteiger partial charge in [-0.2, -0.15) is 0 Å². The number of piperazine rings is 1. The van der Waals surface area contributed by atoms with Gasteiger partial charge in [0.2, 0.25) is 11.8 Å². The van der Waals surface area contributed by atoms with Crippen molar-refractivity contribution < 1.29 is 9.59 Å². The molecule has 0 radical (unpaired) electrons. The van der Waals surface area contributed by atoms with Gasteiger partial charge in [0.15, 0.2) is 0 Å². The van der Waals surface area contributed by atoms with Gasteiger partial charge in [-0.25, -0.2) is 0 Å². The Morgan fingerprint density at radius 1 is 0.923 bits per heavy atom. The van der Waals surface area contributed by atoms with Gasteiger partial charge in [-0.05, 0) is 38.0 Å². The van der Waals surface area contributed by atoms with Crippen LogP contribution in [0.15, 0.2) is 30.3 Å². The van der Waals surface area contributed by atoms with Crippen molar-refractivity contribution in [3.63, 3.8) is 0 Å². The number of benzene rings is 1. The molecule has 0 unspecified atom stereocenters. The molecule has 5 heteroatoms. The molecule has 2 aromatic rings. The molecule has 0 atom stereocenters. The average molecular weight is 353 g/mol. The second-order valence-electron chi connectivity index (χ2n) is 7.21. The summed E-state index contributed by atoms with van der Waals surface area (Å²) in [7, 11) is 0. The molecule has 5 nitrogen and oxygen atoms in total. The van der Waals surface area contributed by atoms with Crippen LogP contribution in [0.3, 0.4) is 0 Å². The second-order valence-corrected chi connectivity index (χ2v) is 7.21. The van der Waals surface area contributed by atoms with Crippen molar-refractivity contribution in [2.75, 3.05) is 26.2 Å². The molecule has 1 saturated heterocycles. The lowest BCUT2D eigenvalue weighted by molar-refractivity contribution is -0.138. The topological polar surface area (TPSA) is 56.4 Å². The number of aromatic nitrogens is 1. The molecule has 2 amide bonds. The van der Waals surface area contributed by atoms with Crippen LogP contribution in [0.4, 0.5) is 0 Å². The normalized spacial score (nSPS) is 14.6. The van der Waals surface area contributed by atoms with Crippen LogP contribution in [0.2, 0.25) is 0 Å². The van der Waals surface area contributed by atoms with Crippen molar-refractivity contribution in [2.45, 2.75) is 33.6 Å². The molecule has 1 N–H and O–H groups in total. The van der Waals surface area contributed by atoms with Gasteiger partial charge in [0.1, 0.15) is 0 Å². The number of rotatable bonds is 4. The smallest absolute Gasteiger partial charge is 0.227 e. The summed E-state index contributed by atoms with van der Waals surface area (Å²) in [6.45, 7) is 8.48. The van der Waals surface area contributed by atoms with Gasteiger partial charge in [0, 0.05) is 37.6 Å². The van der Waals surface area contributed by atoms with Crippen molar-refractivity contribution >= 4 is 11.8 Å². The van der Waals surface area contributed by atoms with E-state index in [2.05, 4.69) is 11.1 Å². The van der Waals surface area contributed by atoms with E-state index >= 15 is 0 Å². The number of nitrogens with zero attached hydrogens (tertiary/aromatic N) is 2. The van der Waals surface area contributed by atoms with E-state index in [0.717, 1.165) is 22.5 Å². The van der Waals surface area contributed by atoms with E-state index in [1.54, 1.807) is 0 Å². The summed E-state index contributed by atoms with van der Waals surface area (Å²) in [4.78, 5) is 32.0. The molecule has 0 saturated carbocycles. The highest BCUT2D eigenvalue weighted by Crippen LogP contribution is 2.13. The standard InChI is InChI=1S/C21H27N3O2/c1-15-5-4-6-18(11-15)13-20(25)23-7-9-24(10-8-23)21(26)14-19-12-16(2)22-17(19)3/h4-6,11-12,22H,7-10,13-14H2,1-3H3. The first-order valence-electron chi connectivity index (χ1n) is 9.18.